The molecule has 1 unspecified atom stereocenters. The predicted octanol–water partition coefficient (Wildman–Crippen LogP) is 1.95. The normalized spacial score (nSPS) is 13.2. The first kappa shape index (κ1) is 8.70. The van der Waals surface area contributed by atoms with Crippen LogP contribution < -0.4 is 5.32 Å². The van der Waals surface area contributed by atoms with Gasteiger partial charge in [-0.25, -0.2) is 0 Å². The molecular weight excluding hydrogens is 110 g/mol. The lowest BCUT2D eigenvalue weighted by Crippen LogP contribution is -2.26. The van der Waals surface area contributed by atoms with Gasteiger partial charge in [0, 0.05) is 6.04 Å². The molecule has 1 nitrogen and oxygen atoms in total. The van der Waals surface area contributed by atoms with E-state index in [-0.39, 0.29) is 0 Å². The van der Waals surface area contributed by atoms with Gasteiger partial charge in [0.05, 0.1) is 0 Å². The van der Waals surface area contributed by atoms with Gasteiger partial charge in [-0.1, -0.05) is 26.0 Å². The van der Waals surface area contributed by atoms with E-state index in [2.05, 4.69) is 32.7 Å². The molecule has 9 heavy (non-hydrogen) atoms. The van der Waals surface area contributed by atoms with Crippen molar-refractivity contribution in [3.63, 3.8) is 0 Å². The largest absolute Gasteiger partial charge is 0.311 e. The van der Waals surface area contributed by atoms with Gasteiger partial charge in [0.25, 0.3) is 0 Å². The van der Waals surface area contributed by atoms with Gasteiger partial charge >= 0.3 is 0 Å². The Hall–Kier alpha value is -0.300. The van der Waals surface area contributed by atoms with Crippen molar-refractivity contribution < 1.29 is 0 Å². The Morgan fingerprint density at radius 1 is 1.56 bits per heavy atom. The fraction of sp³-hybridized carbons (Fsp3) is 0.750. The van der Waals surface area contributed by atoms with Gasteiger partial charge in [-0.2, -0.15) is 0 Å². The lowest BCUT2D eigenvalue weighted by Gasteiger charge is -2.12. The molecule has 0 bridgehead atoms. The van der Waals surface area contributed by atoms with E-state index in [0.717, 1.165) is 13.0 Å². The van der Waals surface area contributed by atoms with Crippen LogP contribution in [0, 0.1) is 0 Å². The smallest absolute Gasteiger partial charge is 0.0248 e. The summed E-state index contributed by atoms with van der Waals surface area (Å²) in [5.74, 6) is 0. The molecule has 0 aromatic heterocycles. The number of rotatable bonds is 4. The Labute approximate surface area is 58.2 Å². The van der Waals surface area contributed by atoms with Crippen LogP contribution in [-0.4, -0.2) is 12.6 Å². The standard InChI is InChI=1S/C8H17N/c1-5-7(3)8(4)9-6-2/h8-9H,3,5-6H2,1-2,4H3. The van der Waals surface area contributed by atoms with Crippen LogP contribution >= 0.6 is 0 Å². The van der Waals surface area contributed by atoms with Gasteiger partial charge in [0.2, 0.25) is 0 Å². The number of nitrogens with one attached hydrogen (secondary N) is 1. The SMILES string of the molecule is C=C(CC)C(C)NCC. The highest BCUT2D eigenvalue weighted by Crippen LogP contribution is 2.01. The molecule has 0 aliphatic rings. The lowest BCUT2D eigenvalue weighted by atomic mass is 10.1. The number of hydrogen-bond donors (Lipinski definition) is 1. The first-order valence-corrected chi connectivity index (χ1v) is 3.63. The summed E-state index contributed by atoms with van der Waals surface area (Å²) < 4.78 is 0. The van der Waals surface area contributed by atoms with E-state index in [9.17, 15) is 0 Å². The van der Waals surface area contributed by atoms with Gasteiger partial charge in [0.15, 0.2) is 0 Å². The molecular formula is C8H17N. The molecule has 0 aliphatic heterocycles. The Balaban J connectivity index is 3.45. The van der Waals surface area contributed by atoms with Crippen LogP contribution in [-0.2, 0) is 0 Å². The Morgan fingerprint density at radius 2 is 2.11 bits per heavy atom. The molecule has 0 fully saturated rings. The van der Waals surface area contributed by atoms with E-state index in [1.54, 1.807) is 0 Å². The zero-order valence-electron chi connectivity index (χ0n) is 6.70. The summed E-state index contributed by atoms with van der Waals surface area (Å²) in [6, 6.07) is 0.486. The van der Waals surface area contributed by atoms with Crippen molar-refractivity contribution in [1.82, 2.24) is 5.32 Å². The molecule has 0 amide bonds. The average molecular weight is 127 g/mol. The minimum Gasteiger partial charge on any atom is -0.311 e. The van der Waals surface area contributed by atoms with Crippen molar-refractivity contribution in [2.24, 2.45) is 0 Å². The van der Waals surface area contributed by atoms with E-state index in [0.29, 0.717) is 6.04 Å². The topological polar surface area (TPSA) is 12.0 Å². The second-order valence-corrected chi connectivity index (χ2v) is 2.29. The summed E-state index contributed by atoms with van der Waals surface area (Å²) in [5, 5.41) is 3.30. The zero-order valence-corrected chi connectivity index (χ0v) is 6.70. The van der Waals surface area contributed by atoms with Crippen LogP contribution in [0.3, 0.4) is 0 Å². The Bertz CT molecular complexity index is 86.6. The van der Waals surface area contributed by atoms with E-state index < -0.39 is 0 Å². The minimum atomic E-state index is 0.486. The van der Waals surface area contributed by atoms with Crippen molar-refractivity contribution in [3.8, 4) is 0 Å². The van der Waals surface area contributed by atoms with Crippen molar-refractivity contribution in [1.29, 1.82) is 0 Å². The fourth-order valence-corrected chi connectivity index (χ4v) is 0.757. The highest BCUT2D eigenvalue weighted by molar-refractivity contribution is 5.01. The van der Waals surface area contributed by atoms with Crippen LogP contribution in [0.25, 0.3) is 0 Å². The summed E-state index contributed by atoms with van der Waals surface area (Å²) >= 11 is 0. The molecule has 0 radical (unpaired) electrons. The van der Waals surface area contributed by atoms with Gasteiger partial charge in [0.1, 0.15) is 0 Å². The molecule has 0 aromatic rings. The first-order chi connectivity index (χ1) is 4.22. The number of likely N-dealkylation sites (N-methyl/N-ethyl adjacent to an activating group) is 1. The zero-order chi connectivity index (χ0) is 7.28. The maximum Gasteiger partial charge on any atom is 0.0248 e. The maximum atomic E-state index is 3.93. The van der Waals surface area contributed by atoms with Crippen molar-refractivity contribution in [3.05, 3.63) is 12.2 Å². The van der Waals surface area contributed by atoms with Gasteiger partial charge in [-0.15, -0.1) is 0 Å². The second-order valence-electron chi connectivity index (χ2n) is 2.29. The summed E-state index contributed by atoms with van der Waals surface area (Å²) in [6.45, 7) is 11.4. The maximum absolute atomic E-state index is 3.93. The third kappa shape index (κ3) is 3.31. The fourth-order valence-electron chi connectivity index (χ4n) is 0.757. The van der Waals surface area contributed by atoms with Crippen LogP contribution in [0.2, 0.25) is 0 Å². The van der Waals surface area contributed by atoms with E-state index in [1.807, 2.05) is 0 Å². The second kappa shape index (κ2) is 4.57. The Morgan fingerprint density at radius 3 is 2.44 bits per heavy atom. The molecule has 0 saturated carbocycles. The molecule has 0 rings (SSSR count). The third-order valence-corrected chi connectivity index (χ3v) is 1.58. The van der Waals surface area contributed by atoms with E-state index >= 15 is 0 Å². The van der Waals surface area contributed by atoms with Crippen molar-refractivity contribution in [2.45, 2.75) is 33.2 Å². The van der Waals surface area contributed by atoms with E-state index in [1.165, 1.54) is 5.57 Å². The highest BCUT2D eigenvalue weighted by Gasteiger charge is 1.99. The Kier molecular flexibility index (Phi) is 4.41. The van der Waals surface area contributed by atoms with Crippen LogP contribution in [0.4, 0.5) is 0 Å². The summed E-state index contributed by atoms with van der Waals surface area (Å²) in [7, 11) is 0. The van der Waals surface area contributed by atoms with E-state index in [4.69, 9.17) is 0 Å². The van der Waals surface area contributed by atoms with Gasteiger partial charge in [-0.05, 0) is 19.9 Å². The highest BCUT2D eigenvalue weighted by atomic mass is 14.9. The van der Waals surface area contributed by atoms with Crippen molar-refractivity contribution in [2.75, 3.05) is 6.54 Å². The summed E-state index contributed by atoms with van der Waals surface area (Å²) in [4.78, 5) is 0. The molecule has 0 saturated heterocycles. The van der Waals surface area contributed by atoms with Crippen LogP contribution in [0.15, 0.2) is 12.2 Å². The van der Waals surface area contributed by atoms with Gasteiger partial charge in [-0.3, -0.25) is 0 Å². The molecule has 54 valence electrons. The minimum absolute atomic E-state index is 0.486. The first-order valence-electron chi connectivity index (χ1n) is 3.63. The average Bonchev–Trinajstić information content (AvgIpc) is 1.87. The predicted molar refractivity (Wildman–Crippen MR) is 42.6 cm³/mol. The molecule has 1 N–H and O–H groups in total. The molecule has 0 aromatic carbocycles. The monoisotopic (exact) mass is 127 g/mol. The molecule has 0 heterocycles. The van der Waals surface area contributed by atoms with Crippen LogP contribution in [0.1, 0.15) is 27.2 Å². The number of hydrogen-bond acceptors (Lipinski definition) is 1. The van der Waals surface area contributed by atoms with Gasteiger partial charge < -0.3 is 5.32 Å². The summed E-state index contributed by atoms with van der Waals surface area (Å²) in [6.07, 6.45) is 1.08. The lowest BCUT2D eigenvalue weighted by molar-refractivity contribution is 0.621. The quantitative estimate of drug-likeness (QED) is 0.569. The molecule has 0 spiro atoms. The summed E-state index contributed by atoms with van der Waals surface area (Å²) in [5.41, 5.74) is 1.29. The molecule has 1 atom stereocenters. The third-order valence-electron chi connectivity index (χ3n) is 1.58. The molecule has 0 aliphatic carbocycles. The van der Waals surface area contributed by atoms with Crippen molar-refractivity contribution >= 4 is 0 Å². The molecule has 1 heteroatoms. The van der Waals surface area contributed by atoms with Crippen LogP contribution in [0.5, 0.6) is 0 Å².